The van der Waals surface area contributed by atoms with Crippen molar-refractivity contribution in [3.63, 3.8) is 0 Å². The summed E-state index contributed by atoms with van der Waals surface area (Å²) in [6.07, 6.45) is 0. The van der Waals surface area contributed by atoms with Crippen LogP contribution < -0.4 is 19.6 Å². The van der Waals surface area contributed by atoms with Crippen LogP contribution in [-0.2, 0) is 0 Å². The lowest BCUT2D eigenvalue weighted by Gasteiger charge is -2.08. The van der Waals surface area contributed by atoms with Crippen molar-refractivity contribution in [3.05, 3.63) is 57.5 Å². The Kier molecular flexibility index (Phi) is 6.48. The number of benzene rings is 2. The van der Waals surface area contributed by atoms with Crippen molar-refractivity contribution >= 4 is 27.9 Å². The average Bonchev–Trinajstić information content (AvgIpc) is 3.25. The molecule has 9 nitrogen and oxygen atoms in total. The first kappa shape index (κ1) is 21.1. The monoisotopic (exact) mass is 428 g/mol. The summed E-state index contributed by atoms with van der Waals surface area (Å²) in [6, 6.07) is 10.2. The van der Waals surface area contributed by atoms with Crippen LogP contribution in [0.1, 0.15) is 12.5 Å². The SMILES string of the molecule is COc1ccc(-c2csc(N/N=C(/C)c3ccc(OC)c([N+](=O)[O-])c3)n2)cc1OC. The van der Waals surface area contributed by atoms with Crippen LogP contribution in [0, 0.1) is 10.1 Å². The first-order valence-electron chi connectivity index (χ1n) is 8.77. The van der Waals surface area contributed by atoms with Crippen LogP contribution in [0.4, 0.5) is 10.8 Å². The van der Waals surface area contributed by atoms with E-state index in [1.54, 1.807) is 33.3 Å². The van der Waals surface area contributed by atoms with Gasteiger partial charge in [0.25, 0.3) is 0 Å². The smallest absolute Gasteiger partial charge is 0.311 e. The second-order valence-electron chi connectivity index (χ2n) is 6.06. The quantitative estimate of drug-likeness (QED) is 0.318. The Morgan fingerprint density at radius 2 is 1.77 bits per heavy atom. The molecule has 10 heteroatoms. The molecule has 3 aromatic rings. The lowest BCUT2D eigenvalue weighted by Crippen LogP contribution is -2.02. The van der Waals surface area contributed by atoms with E-state index < -0.39 is 4.92 Å². The van der Waals surface area contributed by atoms with Gasteiger partial charge in [-0.25, -0.2) is 4.98 Å². The molecule has 0 saturated carbocycles. The van der Waals surface area contributed by atoms with Gasteiger partial charge in [-0.2, -0.15) is 5.10 Å². The second-order valence-corrected chi connectivity index (χ2v) is 6.92. The molecule has 0 aliphatic rings. The van der Waals surface area contributed by atoms with Gasteiger partial charge in [0.2, 0.25) is 5.13 Å². The molecule has 1 N–H and O–H groups in total. The van der Waals surface area contributed by atoms with Gasteiger partial charge in [-0.3, -0.25) is 15.5 Å². The number of rotatable bonds is 8. The van der Waals surface area contributed by atoms with Gasteiger partial charge in [0.15, 0.2) is 17.2 Å². The van der Waals surface area contributed by atoms with E-state index in [1.807, 2.05) is 23.6 Å². The Bertz CT molecular complexity index is 1100. The maximum atomic E-state index is 11.2. The Morgan fingerprint density at radius 1 is 1.07 bits per heavy atom. The number of methoxy groups -OCH3 is 3. The van der Waals surface area contributed by atoms with Gasteiger partial charge >= 0.3 is 5.69 Å². The van der Waals surface area contributed by atoms with E-state index in [0.717, 1.165) is 11.3 Å². The molecule has 0 bridgehead atoms. The zero-order valence-corrected chi connectivity index (χ0v) is 17.6. The van der Waals surface area contributed by atoms with Crippen molar-refractivity contribution in [2.45, 2.75) is 6.92 Å². The van der Waals surface area contributed by atoms with Crippen LogP contribution in [0.3, 0.4) is 0 Å². The van der Waals surface area contributed by atoms with Crippen LogP contribution in [-0.4, -0.2) is 36.9 Å². The minimum absolute atomic E-state index is 0.116. The summed E-state index contributed by atoms with van der Waals surface area (Å²) >= 11 is 1.39. The number of aromatic nitrogens is 1. The fourth-order valence-electron chi connectivity index (χ4n) is 2.71. The van der Waals surface area contributed by atoms with E-state index in [1.165, 1.54) is 24.5 Å². The van der Waals surface area contributed by atoms with Crippen molar-refractivity contribution < 1.29 is 19.1 Å². The van der Waals surface area contributed by atoms with Crippen molar-refractivity contribution in [2.75, 3.05) is 26.8 Å². The summed E-state index contributed by atoms with van der Waals surface area (Å²) < 4.78 is 15.6. The van der Waals surface area contributed by atoms with E-state index in [9.17, 15) is 10.1 Å². The molecule has 0 radical (unpaired) electrons. The van der Waals surface area contributed by atoms with Crippen molar-refractivity contribution in [2.24, 2.45) is 5.10 Å². The van der Waals surface area contributed by atoms with Crippen LogP contribution in [0.25, 0.3) is 11.3 Å². The number of ether oxygens (including phenoxy) is 3. The molecule has 0 saturated heterocycles. The molecule has 3 rings (SSSR count). The summed E-state index contributed by atoms with van der Waals surface area (Å²) in [4.78, 5) is 15.2. The second kappa shape index (κ2) is 9.23. The summed E-state index contributed by atoms with van der Waals surface area (Å²) in [7, 11) is 4.56. The molecule has 0 atom stereocenters. The minimum atomic E-state index is -0.487. The van der Waals surface area contributed by atoms with Gasteiger partial charge in [0.05, 0.1) is 37.7 Å². The summed E-state index contributed by atoms with van der Waals surface area (Å²) in [5, 5.41) is 18.0. The van der Waals surface area contributed by atoms with Crippen molar-refractivity contribution in [1.82, 2.24) is 4.98 Å². The standard InChI is InChI=1S/C20H20N4O5S/c1-12(13-5-7-17(27-2)16(9-13)24(25)26)22-23-20-21-15(11-30-20)14-6-8-18(28-3)19(10-14)29-4/h5-11H,1-4H3,(H,21,23)/b22-12-. The number of nitrogens with one attached hydrogen (secondary N) is 1. The molecule has 2 aromatic carbocycles. The molecule has 0 amide bonds. The van der Waals surface area contributed by atoms with Gasteiger partial charge < -0.3 is 14.2 Å². The highest BCUT2D eigenvalue weighted by Crippen LogP contribution is 2.33. The highest BCUT2D eigenvalue weighted by atomic mass is 32.1. The number of anilines is 1. The Morgan fingerprint density at radius 3 is 2.43 bits per heavy atom. The Balaban J connectivity index is 1.79. The van der Waals surface area contributed by atoms with E-state index in [-0.39, 0.29) is 11.4 Å². The topological polar surface area (TPSA) is 108 Å². The van der Waals surface area contributed by atoms with Crippen molar-refractivity contribution in [1.29, 1.82) is 0 Å². The zero-order chi connectivity index (χ0) is 21.7. The summed E-state index contributed by atoms with van der Waals surface area (Å²) in [5.74, 6) is 1.46. The first-order chi connectivity index (χ1) is 14.5. The average molecular weight is 428 g/mol. The fraction of sp³-hybridized carbons (Fsp3) is 0.200. The van der Waals surface area contributed by atoms with E-state index in [0.29, 0.717) is 27.9 Å². The van der Waals surface area contributed by atoms with Crippen LogP contribution in [0.5, 0.6) is 17.2 Å². The third-order valence-electron chi connectivity index (χ3n) is 4.30. The van der Waals surface area contributed by atoms with Crippen molar-refractivity contribution in [3.8, 4) is 28.5 Å². The maximum absolute atomic E-state index is 11.2. The van der Waals surface area contributed by atoms with Gasteiger partial charge in [0.1, 0.15) is 0 Å². The largest absolute Gasteiger partial charge is 0.493 e. The molecule has 0 fully saturated rings. The highest BCUT2D eigenvalue weighted by Gasteiger charge is 2.16. The van der Waals surface area contributed by atoms with E-state index in [2.05, 4.69) is 15.5 Å². The molecule has 1 heterocycles. The van der Waals surface area contributed by atoms with Crippen LogP contribution >= 0.6 is 11.3 Å². The Hall–Kier alpha value is -3.66. The summed E-state index contributed by atoms with van der Waals surface area (Å²) in [6.45, 7) is 1.75. The minimum Gasteiger partial charge on any atom is -0.493 e. The lowest BCUT2D eigenvalue weighted by atomic mass is 10.1. The van der Waals surface area contributed by atoms with Gasteiger partial charge in [-0.1, -0.05) is 0 Å². The van der Waals surface area contributed by atoms with Gasteiger partial charge in [-0.15, -0.1) is 11.3 Å². The molecular formula is C20H20N4O5S. The molecule has 0 aliphatic heterocycles. The van der Waals surface area contributed by atoms with Crippen LogP contribution in [0.2, 0.25) is 0 Å². The van der Waals surface area contributed by atoms with Gasteiger partial charge in [-0.05, 0) is 37.3 Å². The molecular weight excluding hydrogens is 408 g/mol. The third kappa shape index (κ3) is 4.49. The molecule has 156 valence electrons. The lowest BCUT2D eigenvalue weighted by molar-refractivity contribution is -0.385. The number of hydrazone groups is 1. The zero-order valence-electron chi connectivity index (χ0n) is 16.8. The van der Waals surface area contributed by atoms with E-state index in [4.69, 9.17) is 14.2 Å². The third-order valence-corrected chi connectivity index (χ3v) is 5.04. The number of nitro groups is 1. The first-order valence-corrected chi connectivity index (χ1v) is 9.65. The molecule has 0 aliphatic carbocycles. The number of nitrogens with zero attached hydrogens (tertiary/aromatic N) is 3. The Labute approximate surface area is 177 Å². The number of hydrogen-bond donors (Lipinski definition) is 1. The molecule has 30 heavy (non-hydrogen) atoms. The normalized spacial score (nSPS) is 11.1. The summed E-state index contributed by atoms with van der Waals surface area (Å²) in [5.41, 5.74) is 5.60. The molecule has 0 spiro atoms. The predicted molar refractivity (Wildman–Crippen MR) is 116 cm³/mol. The van der Waals surface area contributed by atoms with Crippen LogP contribution in [0.15, 0.2) is 46.9 Å². The van der Waals surface area contributed by atoms with E-state index >= 15 is 0 Å². The highest BCUT2D eigenvalue weighted by molar-refractivity contribution is 7.14. The molecule has 0 unspecified atom stereocenters. The van der Waals surface area contributed by atoms with Gasteiger partial charge in [0, 0.05) is 22.6 Å². The number of nitro benzene ring substituents is 1. The molecule has 1 aromatic heterocycles. The maximum Gasteiger partial charge on any atom is 0.311 e. The number of thiazole rings is 1. The number of hydrogen-bond acceptors (Lipinski definition) is 9. The predicted octanol–water partition coefficient (Wildman–Crippen LogP) is 4.58. The fourth-order valence-corrected chi connectivity index (χ4v) is 3.37.